The molecule has 0 saturated heterocycles. The molecule has 0 aliphatic carbocycles. The Morgan fingerprint density at radius 2 is 1.95 bits per heavy atom. The van der Waals surface area contributed by atoms with Gasteiger partial charge in [-0.3, -0.25) is 10.1 Å². The molecule has 0 heterocycles. The molecular formula is C15H14FNO4. The molecule has 0 aromatic heterocycles. The Labute approximate surface area is 120 Å². The quantitative estimate of drug-likeness (QED) is 0.675. The third-order valence-electron chi connectivity index (χ3n) is 3.04. The van der Waals surface area contributed by atoms with E-state index in [0.29, 0.717) is 6.42 Å². The highest BCUT2D eigenvalue weighted by molar-refractivity contribution is 5.51. The van der Waals surface area contributed by atoms with E-state index in [4.69, 9.17) is 4.74 Å². The Morgan fingerprint density at radius 1 is 1.24 bits per heavy atom. The molecule has 21 heavy (non-hydrogen) atoms. The van der Waals surface area contributed by atoms with Crippen LogP contribution in [0.3, 0.4) is 0 Å². The average Bonchev–Trinajstić information content (AvgIpc) is 2.49. The van der Waals surface area contributed by atoms with Gasteiger partial charge in [0, 0.05) is 11.6 Å². The van der Waals surface area contributed by atoms with Gasteiger partial charge < -0.3 is 9.84 Å². The molecule has 0 radical (unpaired) electrons. The summed E-state index contributed by atoms with van der Waals surface area (Å²) in [6.07, 6.45) is 0.666. The van der Waals surface area contributed by atoms with Crippen LogP contribution in [0.5, 0.6) is 11.5 Å². The predicted octanol–water partition coefficient (Wildman–Crippen LogP) is 3.58. The van der Waals surface area contributed by atoms with Crippen molar-refractivity contribution in [2.45, 2.75) is 20.0 Å². The summed E-state index contributed by atoms with van der Waals surface area (Å²) in [4.78, 5) is 10.6. The summed E-state index contributed by atoms with van der Waals surface area (Å²) in [6.45, 7) is 1.47. The van der Waals surface area contributed by atoms with Crippen LogP contribution in [0.4, 0.5) is 10.1 Å². The van der Waals surface area contributed by atoms with E-state index in [2.05, 4.69) is 0 Å². The van der Waals surface area contributed by atoms with Gasteiger partial charge in [0.2, 0.25) is 5.75 Å². The molecule has 0 fully saturated rings. The van der Waals surface area contributed by atoms with Gasteiger partial charge in [0.1, 0.15) is 11.6 Å². The van der Waals surface area contributed by atoms with E-state index in [-0.39, 0.29) is 22.7 Å². The summed E-state index contributed by atoms with van der Waals surface area (Å²) in [6, 6.07) is 8.30. The number of nitrogens with zero attached hydrogens (tertiary/aromatic N) is 1. The second-order valence-corrected chi connectivity index (χ2v) is 4.42. The Balaban J connectivity index is 2.42. The van der Waals surface area contributed by atoms with E-state index < -0.39 is 17.3 Å². The molecule has 2 rings (SSSR count). The minimum absolute atomic E-state index is 0.0542. The Hall–Kier alpha value is -2.47. The van der Waals surface area contributed by atoms with E-state index in [1.165, 1.54) is 24.3 Å². The summed E-state index contributed by atoms with van der Waals surface area (Å²) in [5.74, 6) is -0.271. The third kappa shape index (κ3) is 3.35. The van der Waals surface area contributed by atoms with Crippen molar-refractivity contribution in [2.75, 3.05) is 0 Å². The first-order valence-electron chi connectivity index (χ1n) is 6.39. The lowest BCUT2D eigenvalue weighted by atomic mass is 10.1. The first-order valence-corrected chi connectivity index (χ1v) is 6.39. The van der Waals surface area contributed by atoms with Gasteiger partial charge >= 0.3 is 5.69 Å². The SMILES string of the molecule is CCc1ccc(Oc2ccc(F)cc2CO)c([N+](=O)[O-])c1. The maximum absolute atomic E-state index is 13.1. The summed E-state index contributed by atoms with van der Waals surface area (Å²) >= 11 is 0. The van der Waals surface area contributed by atoms with E-state index >= 15 is 0 Å². The molecule has 1 N–H and O–H groups in total. The second kappa shape index (κ2) is 6.32. The van der Waals surface area contributed by atoms with Gasteiger partial charge in [-0.05, 0) is 36.2 Å². The molecule has 6 heteroatoms. The molecule has 0 unspecified atom stereocenters. The van der Waals surface area contributed by atoms with Crippen LogP contribution in [-0.2, 0) is 13.0 Å². The zero-order valence-electron chi connectivity index (χ0n) is 11.4. The number of aryl methyl sites for hydroxylation is 1. The highest BCUT2D eigenvalue weighted by Crippen LogP contribution is 2.34. The van der Waals surface area contributed by atoms with E-state index in [1.54, 1.807) is 6.07 Å². The number of nitro benzene ring substituents is 1. The Bertz CT molecular complexity index is 673. The van der Waals surface area contributed by atoms with Crippen molar-refractivity contribution in [2.24, 2.45) is 0 Å². The number of aliphatic hydroxyl groups is 1. The van der Waals surface area contributed by atoms with Crippen molar-refractivity contribution in [1.82, 2.24) is 0 Å². The summed E-state index contributed by atoms with van der Waals surface area (Å²) in [7, 11) is 0. The van der Waals surface area contributed by atoms with Crippen LogP contribution in [-0.4, -0.2) is 10.0 Å². The smallest absolute Gasteiger partial charge is 0.311 e. The van der Waals surface area contributed by atoms with Crippen molar-refractivity contribution < 1.29 is 19.2 Å². The van der Waals surface area contributed by atoms with E-state index in [0.717, 1.165) is 11.6 Å². The first-order chi connectivity index (χ1) is 10.0. The zero-order chi connectivity index (χ0) is 15.4. The van der Waals surface area contributed by atoms with Gasteiger partial charge in [-0.15, -0.1) is 0 Å². The molecular weight excluding hydrogens is 277 g/mol. The second-order valence-electron chi connectivity index (χ2n) is 4.42. The van der Waals surface area contributed by atoms with Gasteiger partial charge in [0.25, 0.3) is 0 Å². The molecule has 0 saturated carbocycles. The van der Waals surface area contributed by atoms with Crippen LogP contribution >= 0.6 is 0 Å². The highest BCUT2D eigenvalue weighted by Gasteiger charge is 2.17. The molecule has 0 aliphatic heterocycles. The lowest BCUT2D eigenvalue weighted by Crippen LogP contribution is -1.97. The van der Waals surface area contributed by atoms with E-state index in [1.807, 2.05) is 6.92 Å². The fourth-order valence-electron chi connectivity index (χ4n) is 1.90. The molecule has 5 nitrogen and oxygen atoms in total. The summed E-state index contributed by atoms with van der Waals surface area (Å²) in [5.41, 5.74) is 0.877. The predicted molar refractivity (Wildman–Crippen MR) is 74.9 cm³/mol. The largest absolute Gasteiger partial charge is 0.450 e. The number of halogens is 1. The fourth-order valence-corrected chi connectivity index (χ4v) is 1.90. The first kappa shape index (κ1) is 14.9. The maximum Gasteiger partial charge on any atom is 0.311 e. The Morgan fingerprint density at radius 3 is 2.57 bits per heavy atom. The number of aliphatic hydroxyl groups excluding tert-OH is 1. The minimum atomic E-state index is -0.531. The van der Waals surface area contributed by atoms with Gasteiger partial charge in [-0.25, -0.2) is 4.39 Å². The molecule has 0 bridgehead atoms. The van der Waals surface area contributed by atoms with Gasteiger partial charge in [-0.1, -0.05) is 13.0 Å². The Kier molecular flexibility index (Phi) is 4.49. The number of hydrogen-bond acceptors (Lipinski definition) is 4. The third-order valence-corrected chi connectivity index (χ3v) is 3.04. The number of ether oxygens (including phenoxy) is 1. The topological polar surface area (TPSA) is 72.6 Å². The van der Waals surface area contributed by atoms with Crippen LogP contribution < -0.4 is 4.74 Å². The molecule has 0 atom stereocenters. The van der Waals surface area contributed by atoms with Crippen molar-refractivity contribution in [3.8, 4) is 11.5 Å². The summed E-state index contributed by atoms with van der Waals surface area (Å²) < 4.78 is 18.6. The number of nitro groups is 1. The average molecular weight is 291 g/mol. The number of benzene rings is 2. The van der Waals surface area contributed by atoms with Crippen molar-refractivity contribution in [3.05, 3.63) is 63.5 Å². The van der Waals surface area contributed by atoms with Crippen LogP contribution in [0.2, 0.25) is 0 Å². The van der Waals surface area contributed by atoms with Crippen LogP contribution in [0.1, 0.15) is 18.1 Å². The van der Waals surface area contributed by atoms with Crippen molar-refractivity contribution in [1.29, 1.82) is 0 Å². The number of rotatable bonds is 5. The molecule has 110 valence electrons. The highest BCUT2D eigenvalue weighted by atomic mass is 19.1. The van der Waals surface area contributed by atoms with Crippen molar-refractivity contribution in [3.63, 3.8) is 0 Å². The lowest BCUT2D eigenvalue weighted by molar-refractivity contribution is -0.385. The normalized spacial score (nSPS) is 10.4. The molecule has 2 aromatic rings. The van der Waals surface area contributed by atoms with Gasteiger partial charge in [-0.2, -0.15) is 0 Å². The monoisotopic (exact) mass is 291 g/mol. The standard InChI is InChI=1S/C15H14FNO4/c1-2-10-3-5-15(13(7-10)17(19)20)21-14-6-4-12(16)8-11(14)9-18/h3-8,18H,2,9H2,1H3. The van der Waals surface area contributed by atoms with E-state index in [9.17, 15) is 19.6 Å². The molecule has 0 aliphatic rings. The summed E-state index contributed by atoms with van der Waals surface area (Å²) in [5, 5.41) is 20.3. The molecule has 2 aromatic carbocycles. The zero-order valence-corrected chi connectivity index (χ0v) is 11.4. The maximum atomic E-state index is 13.1. The van der Waals surface area contributed by atoms with Crippen LogP contribution in [0, 0.1) is 15.9 Å². The van der Waals surface area contributed by atoms with Crippen LogP contribution in [0.25, 0.3) is 0 Å². The fraction of sp³-hybridized carbons (Fsp3) is 0.200. The minimum Gasteiger partial charge on any atom is -0.450 e. The van der Waals surface area contributed by atoms with Crippen LogP contribution in [0.15, 0.2) is 36.4 Å². The molecule has 0 amide bonds. The molecule has 0 spiro atoms. The van der Waals surface area contributed by atoms with Crippen molar-refractivity contribution >= 4 is 5.69 Å². The van der Waals surface area contributed by atoms with Gasteiger partial charge in [0.15, 0.2) is 0 Å². The number of hydrogen-bond donors (Lipinski definition) is 1. The lowest BCUT2D eigenvalue weighted by Gasteiger charge is -2.10. The van der Waals surface area contributed by atoms with Gasteiger partial charge in [0.05, 0.1) is 11.5 Å².